The molecule has 4 heteroatoms. The van der Waals surface area contributed by atoms with E-state index in [1.807, 2.05) is 26.0 Å². The minimum Gasteiger partial charge on any atom is -0.410 e. The molecule has 1 N–H and O–H groups in total. The number of ether oxygens (including phenoxy) is 1. The van der Waals surface area contributed by atoms with Gasteiger partial charge >= 0.3 is 6.09 Å². The normalized spacial score (nSPS) is 9.13. The van der Waals surface area contributed by atoms with Gasteiger partial charge in [-0.1, -0.05) is 12.1 Å². The van der Waals surface area contributed by atoms with Crippen LogP contribution in [0.3, 0.4) is 0 Å². The second-order valence-electron chi connectivity index (χ2n) is 3.10. The van der Waals surface area contributed by atoms with E-state index in [1.54, 1.807) is 12.1 Å². The summed E-state index contributed by atoms with van der Waals surface area (Å²) in [5.41, 5.74) is 1.98. The molecule has 0 fully saturated rings. The van der Waals surface area contributed by atoms with Gasteiger partial charge in [0, 0.05) is 0 Å². The molecule has 0 aliphatic heterocycles. The summed E-state index contributed by atoms with van der Waals surface area (Å²) in [6, 6.07) is 7.27. The molecular formula is C11H12N2O2. The number of amides is 1. The second-order valence-corrected chi connectivity index (χ2v) is 3.10. The molecule has 78 valence electrons. The molecule has 0 saturated carbocycles. The van der Waals surface area contributed by atoms with Crippen LogP contribution in [0.2, 0.25) is 0 Å². The lowest BCUT2D eigenvalue weighted by atomic mass is 10.1. The van der Waals surface area contributed by atoms with Gasteiger partial charge in [0.1, 0.15) is 12.3 Å². The first-order chi connectivity index (χ1) is 7.15. The van der Waals surface area contributed by atoms with Crippen molar-refractivity contribution in [1.29, 1.82) is 5.26 Å². The third-order valence-corrected chi connectivity index (χ3v) is 2.07. The first kappa shape index (κ1) is 11.1. The van der Waals surface area contributed by atoms with Crippen molar-refractivity contribution >= 4 is 6.09 Å². The van der Waals surface area contributed by atoms with Crippen LogP contribution in [0.15, 0.2) is 18.2 Å². The maximum Gasteiger partial charge on any atom is 0.413 e. The van der Waals surface area contributed by atoms with Crippen LogP contribution < -0.4 is 10.1 Å². The van der Waals surface area contributed by atoms with Crippen LogP contribution in [0, 0.1) is 25.2 Å². The van der Waals surface area contributed by atoms with Crippen molar-refractivity contribution < 1.29 is 9.53 Å². The maximum atomic E-state index is 11.2. The summed E-state index contributed by atoms with van der Waals surface area (Å²) in [5, 5.41) is 10.6. The van der Waals surface area contributed by atoms with Crippen molar-refractivity contribution in [3.8, 4) is 11.8 Å². The number of hydrogen-bond donors (Lipinski definition) is 1. The highest BCUT2D eigenvalue weighted by atomic mass is 16.6. The fourth-order valence-electron chi connectivity index (χ4n) is 1.08. The molecule has 1 aromatic rings. The minimum absolute atomic E-state index is 0.0519. The van der Waals surface area contributed by atoms with E-state index in [4.69, 9.17) is 10.00 Å². The first-order valence-electron chi connectivity index (χ1n) is 4.54. The number of benzene rings is 1. The van der Waals surface area contributed by atoms with Crippen LogP contribution in [0.1, 0.15) is 11.1 Å². The van der Waals surface area contributed by atoms with E-state index in [-0.39, 0.29) is 6.54 Å². The van der Waals surface area contributed by atoms with Gasteiger partial charge in [-0.2, -0.15) is 5.26 Å². The second kappa shape index (κ2) is 5.01. The molecule has 0 radical (unpaired) electrons. The smallest absolute Gasteiger partial charge is 0.410 e. The van der Waals surface area contributed by atoms with Gasteiger partial charge in [0.2, 0.25) is 0 Å². The predicted molar refractivity (Wildman–Crippen MR) is 55.6 cm³/mol. The Balaban J connectivity index is 2.69. The van der Waals surface area contributed by atoms with Gasteiger partial charge < -0.3 is 10.1 Å². The zero-order valence-electron chi connectivity index (χ0n) is 8.70. The topological polar surface area (TPSA) is 62.1 Å². The van der Waals surface area contributed by atoms with Crippen LogP contribution in [0.4, 0.5) is 4.79 Å². The van der Waals surface area contributed by atoms with Crippen molar-refractivity contribution in [3.63, 3.8) is 0 Å². The number of nitriles is 1. The summed E-state index contributed by atoms with van der Waals surface area (Å²) in [7, 11) is 0. The molecule has 0 spiro atoms. The Morgan fingerprint density at radius 3 is 2.93 bits per heavy atom. The average molecular weight is 204 g/mol. The van der Waals surface area contributed by atoms with Crippen LogP contribution in [0.5, 0.6) is 5.75 Å². The maximum absolute atomic E-state index is 11.2. The fraction of sp³-hybridized carbons (Fsp3) is 0.273. The Morgan fingerprint density at radius 1 is 1.53 bits per heavy atom. The zero-order chi connectivity index (χ0) is 11.3. The summed E-state index contributed by atoms with van der Waals surface area (Å²) >= 11 is 0. The summed E-state index contributed by atoms with van der Waals surface area (Å²) in [6.45, 7) is 3.77. The molecule has 1 aromatic carbocycles. The van der Waals surface area contributed by atoms with E-state index in [0.29, 0.717) is 5.75 Å². The van der Waals surface area contributed by atoms with Gasteiger partial charge in [-0.05, 0) is 31.0 Å². The molecule has 0 aliphatic carbocycles. The molecule has 0 aliphatic rings. The molecular weight excluding hydrogens is 192 g/mol. The van der Waals surface area contributed by atoms with E-state index in [9.17, 15) is 4.79 Å². The highest BCUT2D eigenvalue weighted by Crippen LogP contribution is 2.20. The van der Waals surface area contributed by atoms with Crippen molar-refractivity contribution in [2.45, 2.75) is 13.8 Å². The monoisotopic (exact) mass is 204 g/mol. The standard InChI is InChI=1S/C11H12N2O2/c1-8-4-3-5-10(9(8)2)15-11(14)13-7-6-12/h3-5H,7H2,1-2H3,(H,13,14). The summed E-state index contributed by atoms with van der Waals surface area (Å²) in [5.74, 6) is 0.519. The molecule has 0 saturated heterocycles. The fourth-order valence-corrected chi connectivity index (χ4v) is 1.08. The number of hydrogen-bond acceptors (Lipinski definition) is 3. The van der Waals surface area contributed by atoms with Crippen molar-refractivity contribution in [2.24, 2.45) is 0 Å². The van der Waals surface area contributed by atoms with Crippen LogP contribution >= 0.6 is 0 Å². The summed E-state index contributed by atoms with van der Waals surface area (Å²) in [6.07, 6.45) is -0.606. The lowest BCUT2D eigenvalue weighted by molar-refractivity contribution is 0.201. The third kappa shape index (κ3) is 2.99. The average Bonchev–Trinajstić information content (AvgIpc) is 2.22. The summed E-state index contributed by atoms with van der Waals surface area (Å²) in [4.78, 5) is 11.2. The molecule has 0 atom stereocenters. The van der Waals surface area contributed by atoms with E-state index in [2.05, 4.69) is 5.32 Å². The Morgan fingerprint density at radius 2 is 2.27 bits per heavy atom. The zero-order valence-corrected chi connectivity index (χ0v) is 8.70. The lowest BCUT2D eigenvalue weighted by Gasteiger charge is -2.08. The Hall–Kier alpha value is -2.02. The quantitative estimate of drug-likeness (QED) is 0.748. The van der Waals surface area contributed by atoms with Crippen molar-refractivity contribution in [1.82, 2.24) is 5.32 Å². The van der Waals surface area contributed by atoms with Crippen molar-refractivity contribution in [2.75, 3.05) is 6.54 Å². The molecule has 1 rings (SSSR count). The van der Waals surface area contributed by atoms with E-state index < -0.39 is 6.09 Å². The largest absolute Gasteiger partial charge is 0.413 e. The Labute approximate surface area is 88.5 Å². The Kier molecular flexibility index (Phi) is 3.69. The summed E-state index contributed by atoms with van der Waals surface area (Å²) < 4.78 is 5.03. The van der Waals surface area contributed by atoms with Gasteiger partial charge in [-0.25, -0.2) is 4.79 Å². The Bertz CT molecular complexity index is 408. The van der Waals surface area contributed by atoms with Crippen LogP contribution in [0.25, 0.3) is 0 Å². The molecule has 0 unspecified atom stereocenters. The first-order valence-corrected chi connectivity index (χ1v) is 4.54. The molecule has 0 aromatic heterocycles. The molecule has 0 heterocycles. The lowest BCUT2D eigenvalue weighted by Crippen LogP contribution is -2.27. The van der Waals surface area contributed by atoms with Crippen LogP contribution in [-0.2, 0) is 0 Å². The van der Waals surface area contributed by atoms with Crippen LogP contribution in [-0.4, -0.2) is 12.6 Å². The van der Waals surface area contributed by atoms with E-state index >= 15 is 0 Å². The van der Waals surface area contributed by atoms with Gasteiger partial charge in [-0.15, -0.1) is 0 Å². The molecule has 0 bridgehead atoms. The van der Waals surface area contributed by atoms with Gasteiger partial charge in [-0.3, -0.25) is 0 Å². The minimum atomic E-state index is -0.606. The number of carbonyl (C=O) groups is 1. The molecule has 15 heavy (non-hydrogen) atoms. The van der Waals surface area contributed by atoms with Gasteiger partial charge in [0.05, 0.1) is 6.07 Å². The highest BCUT2D eigenvalue weighted by molar-refractivity contribution is 5.71. The predicted octanol–water partition coefficient (Wildman–Crippen LogP) is 1.92. The third-order valence-electron chi connectivity index (χ3n) is 2.07. The number of aryl methyl sites for hydroxylation is 1. The number of nitrogens with one attached hydrogen (secondary N) is 1. The van der Waals surface area contributed by atoms with Gasteiger partial charge in [0.15, 0.2) is 0 Å². The van der Waals surface area contributed by atoms with Gasteiger partial charge in [0.25, 0.3) is 0 Å². The number of carbonyl (C=O) groups excluding carboxylic acids is 1. The highest BCUT2D eigenvalue weighted by Gasteiger charge is 2.06. The SMILES string of the molecule is Cc1cccc(OC(=O)NCC#N)c1C. The van der Waals surface area contributed by atoms with E-state index in [0.717, 1.165) is 11.1 Å². The number of nitrogens with zero attached hydrogens (tertiary/aromatic N) is 1. The number of rotatable bonds is 2. The van der Waals surface area contributed by atoms with Crippen molar-refractivity contribution in [3.05, 3.63) is 29.3 Å². The molecule has 1 amide bonds. The van der Waals surface area contributed by atoms with E-state index in [1.165, 1.54) is 0 Å². The molecule has 4 nitrogen and oxygen atoms in total.